The largest absolute Gasteiger partial charge is 0.465 e. The summed E-state index contributed by atoms with van der Waals surface area (Å²) in [7, 11) is 1.23. The predicted molar refractivity (Wildman–Crippen MR) is 64.0 cm³/mol. The molecule has 2 heterocycles. The average molecular weight is 263 g/mol. The second-order valence-corrected chi connectivity index (χ2v) is 3.46. The molecule has 7 heteroatoms. The molecule has 2 rings (SSSR count). The van der Waals surface area contributed by atoms with Crippen LogP contribution in [-0.2, 0) is 9.53 Å². The van der Waals surface area contributed by atoms with E-state index in [-0.39, 0.29) is 17.1 Å². The lowest BCUT2D eigenvalue weighted by Crippen LogP contribution is -2.02. The topological polar surface area (TPSA) is 95.7 Å². The maximum Gasteiger partial charge on any atom is 0.433 e. The number of hydrogen-bond donors (Lipinski definition) is 0. The van der Waals surface area contributed by atoms with Crippen molar-refractivity contribution in [3.05, 3.63) is 52.2 Å². The summed E-state index contributed by atoms with van der Waals surface area (Å²) in [6, 6.07) is 5.75. The lowest BCUT2D eigenvalue weighted by Gasteiger charge is -2.00. The van der Waals surface area contributed by atoms with Crippen molar-refractivity contribution < 1.29 is 23.3 Å². The van der Waals surface area contributed by atoms with Gasteiger partial charge in [-0.1, -0.05) is 0 Å². The van der Waals surface area contributed by atoms with Crippen LogP contribution in [0.2, 0.25) is 0 Å². The van der Waals surface area contributed by atoms with Crippen LogP contribution in [0.25, 0.3) is 11.6 Å². The van der Waals surface area contributed by atoms with Crippen LogP contribution in [0.1, 0.15) is 11.5 Å². The van der Waals surface area contributed by atoms with Gasteiger partial charge in [0.15, 0.2) is 0 Å². The Kier molecular flexibility index (Phi) is 3.46. The Morgan fingerprint density at radius 3 is 2.74 bits per heavy atom. The molecule has 0 fully saturated rings. The van der Waals surface area contributed by atoms with E-state index in [2.05, 4.69) is 4.74 Å². The first-order valence-corrected chi connectivity index (χ1v) is 5.20. The number of nitro groups is 1. The zero-order valence-electron chi connectivity index (χ0n) is 9.86. The molecule has 7 nitrogen and oxygen atoms in total. The Hall–Kier alpha value is -2.83. The number of furan rings is 2. The van der Waals surface area contributed by atoms with Gasteiger partial charge in [0.1, 0.15) is 22.0 Å². The van der Waals surface area contributed by atoms with Crippen molar-refractivity contribution in [2.45, 2.75) is 0 Å². The van der Waals surface area contributed by atoms with Gasteiger partial charge in [0, 0.05) is 0 Å². The summed E-state index contributed by atoms with van der Waals surface area (Å²) in [5.41, 5.74) is 0.108. The van der Waals surface area contributed by atoms with E-state index in [4.69, 9.17) is 8.83 Å². The summed E-state index contributed by atoms with van der Waals surface area (Å²) in [5, 5.41) is 10.5. The second kappa shape index (κ2) is 5.21. The Morgan fingerprint density at radius 1 is 1.42 bits per heavy atom. The van der Waals surface area contributed by atoms with Crippen LogP contribution in [-0.4, -0.2) is 18.0 Å². The zero-order chi connectivity index (χ0) is 13.8. The number of methoxy groups -OCH3 is 1. The van der Waals surface area contributed by atoms with E-state index in [0.29, 0.717) is 0 Å². The molecule has 2 aromatic rings. The van der Waals surface area contributed by atoms with Gasteiger partial charge in [-0.15, -0.1) is 0 Å². The highest BCUT2D eigenvalue weighted by Gasteiger charge is 2.17. The van der Waals surface area contributed by atoms with Gasteiger partial charge in [-0.3, -0.25) is 10.1 Å². The standard InChI is InChI=1S/C12H9NO6/c1-17-12(14)9(10-3-2-6-18-10)7-8-4-5-11(19-8)13(15)16/h2-7H,1H3/b9-7+. The van der Waals surface area contributed by atoms with Crippen molar-refractivity contribution in [1.82, 2.24) is 0 Å². The van der Waals surface area contributed by atoms with Crippen molar-refractivity contribution in [2.24, 2.45) is 0 Å². The third kappa shape index (κ3) is 2.71. The zero-order valence-corrected chi connectivity index (χ0v) is 9.86. The molecule has 0 radical (unpaired) electrons. The molecular formula is C12H9NO6. The number of ether oxygens (including phenoxy) is 1. The SMILES string of the molecule is COC(=O)/C(=C/c1ccc([N+](=O)[O-])o1)c1ccco1. The van der Waals surface area contributed by atoms with Gasteiger partial charge >= 0.3 is 11.9 Å². The Labute approximate surface area is 107 Å². The summed E-state index contributed by atoms with van der Waals surface area (Å²) in [6.07, 6.45) is 2.72. The lowest BCUT2D eigenvalue weighted by atomic mass is 10.2. The quantitative estimate of drug-likeness (QED) is 0.364. The highest BCUT2D eigenvalue weighted by atomic mass is 16.6. The van der Waals surface area contributed by atoms with Crippen LogP contribution in [0.15, 0.2) is 39.4 Å². The van der Waals surface area contributed by atoms with Crippen molar-refractivity contribution in [1.29, 1.82) is 0 Å². The van der Waals surface area contributed by atoms with Crippen LogP contribution >= 0.6 is 0 Å². The second-order valence-electron chi connectivity index (χ2n) is 3.46. The molecule has 19 heavy (non-hydrogen) atoms. The normalized spacial score (nSPS) is 11.3. The summed E-state index contributed by atoms with van der Waals surface area (Å²) >= 11 is 0. The van der Waals surface area contributed by atoms with Crippen LogP contribution in [0.4, 0.5) is 5.88 Å². The predicted octanol–water partition coefficient (Wildman–Crippen LogP) is 2.49. The van der Waals surface area contributed by atoms with Crippen molar-refractivity contribution in [3.63, 3.8) is 0 Å². The van der Waals surface area contributed by atoms with Gasteiger partial charge in [0.2, 0.25) is 0 Å². The van der Waals surface area contributed by atoms with Gasteiger partial charge < -0.3 is 13.6 Å². The molecule has 0 spiro atoms. The van der Waals surface area contributed by atoms with Crippen LogP contribution in [0, 0.1) is 10.1 Å². The molecule has 0 atom stereocenters. The van der Waals surface area contributed by atoms with Crippen molar-refractivity contribution >= 4 is 23.5 Å². The molecule has 0 saturated carbocycles. The third-order valence-electron chi connectivity index (χ3n) is 2.27. The monoisotopic (exact) mass is 263 g/mol. The van der Waals surface area contributed by atoms with Gasteiger partial charge in [-0.2, -0.15) is 0 Å². The number of carbonyl (C=O) groups is 1. The van der Waals surface area contributed by atoms with Crippen molar-refractivity contribution in [3.8, 4) is 0 Å². The van der Waals surface area contributed by atoms with Gasteiger partial charge in [0.05, 0.1) is 19.4 Å². The molecule has 0 N–H and O–H groups in total. The Bertz CT molecular complexity index is 622. The average Bonchev–Trinajstić information content (AvgIpc) is 3.05. The number of carbonyl (C=O) groups excluding carboxylic acids is 1. The summed E-state index contributed by atoms with van der Waals surface area (Å²) < 4.78 is 14.7. The molecule has 2 aromatic heterocycles. The van der Waals surface area contributed by atoms with E-state index in [1.165, 1.54) is 31.6 Å². The molecule has 0 aromatic carbocycles. The molecule has 0 amide bonds. The first kappa shape index (κ1) is 12.6. The van der Waals surface area contributed by atoms with E-state index in [9.17, 15) is 14.9 Å². The van der Waals surface area contributed by atoms with E-state index in [0.717, 1.165) is 0 Å². The van der Waals surface area contributed by atoms with E-state index in [1.54, 1.807) is 12.1 Å². The number of nitrogens with zero attached hydrogens (tertiary/aromatic N) is 1. The van der Waals surface area contributed by atoms with Gasteiger partial charge in [0.25, 0.3) is 0 Å². The molecule has 0 unspecified atom stereocenters. The summed E-state index contributed by atoms with van der Waals surface area (Å²) in [6.45, 7) is 0. The fourth-order valence-electron chi connectivity index (χ4n) is 1.43. The fraction of sp³-hybridized carbons (Fsp3) is 0.0833. The smallest absolute Gasteiger partial charge is 0.433 e. The molecule has 98 valence electrons. The number of hydrogen-bond acceptors (Lipinski definition) is 6. The first-order valence-electron chi connectivity index (χ1n) is 5.20. The van der Waals surface area contributed by atoms with Crippen molar-refractivity contribution in [2.75, 3.05) is 7.11 Å². The third-order valence-corrected chi connectivity index (χ3v) is 2.27. The number of esters is 1. The van der Waals surface area contributed by atoms with E-state index >= 15 is 0 Å². The van der Waals surface area contributed by atoms with Crippen LogP contribution in [0.5, 0.6) is 0 Å². The van der Waals surface area contributed by atoms with Gasteiger partial charge in [-0.25, -0.2) is 4.79 Å². The molecule has 0 aliphatic rings. The molecule has 0 bridgehead atoms. The highest BCUT2D eigenvalue weighted by Crippen LogP contribution is 2.23. The van der Waals surface area contributed by atoms with E-state index in [1.807, 2.05) is 0 Å². The molecule has 0 saturated heterocycles. The minimum absolute atomic E-state index is 0.108. The van der Waals surface area contributed by atoms with Crippen LogP contribution in [0.3, 0.4) is 0 Å². The minimum atomic E-state index is -0.665. The number of rotatable bonds is 4. The lowest BCUT2D eigenvalue weighted by molar-refractivity contribution is -0.402. The van der Waals surface area contributed by atoms with Crippen LogP contribution < -0.4 is 0 Å². The maximum atomic E-state index is 11.6. The summed E-state index contributed by atoms with van der Waals surface area (Å²) in [5.74, 6) is -0.599. The molecular weight excluding hydrogens is 254 g/mol. The van der Waals surface area contributed by atoms with Gasteiger partial charge in [-0.05, 0) is 24.3 Å². The Balaban J connectivity index is 2.39. The Morgan fingerprint density at radius 2 is 2.21 bits per heavy atom. The summed E-state index contributed by atoms with van der Waals surface area (Å²) in [4.78, 5) is 21.5. The maximum absolute atomic E-state index is 11.6. The fourth-order valence-corrected chi connectivity index (χ4v) is 1.43. The molecule has 0 aliphatic carbocycles. The highest BCUT2D eigenvalue weighted by molar-refractivity contribution is 6.20. The molecule has 0 aliphatic heterocycles. The minimum Gasteiger partial charge on any atom is -0.465 e. The van der Waals surface area contributed by atoms with E-state index < -0.39 is 16.8 Å². The first-order chi connectivity index (χ1) is 9.11.